The van der Waals surface area contributed by atoms with Gasteiger partial charge in [-0.2, -0.15) is 5.10 Å². The van der Waals surface area contributed by atoms with Crippen LogP contribution >= 0.6 is 15.9 Å². The van der Waals surface area contributed by atoms with Crippen LogP contribution in [0.25, 0.3) is 0 Å². The van der Waals surface area contributed by atoms with Gasteiger partial charge in [0.2, 0.25) is 5.91 Å². The van der Waals surface area contributed by atoms with E-state index in [9.17, 15) is 4.79 Å². The van der Waals surface area contributed by atoms with Crippen molar-refractivity contribution >= 4 is 27.5 Å². The van der Waals surface area contributed by atoms with Gasteiger partial charge in [0.1, 0.15) is 6.04 Å². The molecule has 1 amide bonds. The van der Waals surface area contributed by atoms with Crippen molar-refractivity contribution in [3.05, 3.63) is 40.9 Å². The number of nitrogens with zero attached hydrogens (tertiary/aromatic N) is 3. The van der Waals surface area contributed by atoms with Gasteiger partial charge in [-0.15, -0.1) is 0 Å². The molecule has 94 valence electrons. The molecule has 0 bridgehead atoms. The molecule has 1 N–H and O–H groups in total. The summed E-state index contributed by atoms with van der Waals surface area (Å²) >= 11 is 3.38. The van der Waals surface area contributed by atoms with Gasteiger partial charge in [-0.3, -0.25) is 14.5 Å². The lowest BCUT2D eigenvalue weighted by Gasteiger charge is -2.14. The van der Waals surface area contributed by atoms with E-state index in [0.717, 1.165) is 10.0 Å². The Hall–Kier alpha value is -1.69. The molecule has 2 heterocycles. The van der Waals surface area contributed by atoms with Crippen molar-refractivity contribution in [3.63, 3.8) is 0 Å². The molecule has 2 rings (SSSR count). The number of hydrogen-bond donors (Lipinski definition) is 1. The fourth-order valence-corrected chi connectivity index (χ4v) is 1.82. The number of carbonyl (C=O) groups is 1. The summed E-state index contributed by atoms with van der Waals surface area (Å²) in [5.41, 5.74) is 1.65. The van der Waals surface area contributed by atoms with Gasteiger partial charge in [-0.05, 0) is 41.4 Å². The second kappa shape index (κ2) is 5.30. The number of pyridine rings is 1. The molecule has 0 aliphatic rings. The van der Waals surface area contributed by atoms with Gasteiger partial charge in [0, 0.05) is 23.1 Å². The number of hydrogen-bond acceptors (Lipinski definition) is 3. The van der Waals surface area contributed by atoms with Crippen molar-refractivity contribution in [2.75, 3.05) is 5.32 Å². The van der Waals surface area contributed by atoms with E-state index >= 15 is 0 Å². The molecule has 2 aromatic rings. The van der Waals surface area contributed by atoms with Crippen LogP contribution in [0.3, 0.4) is 0 Å². The van der Waals surface area contributed by atoms with Gasteiger partial charge in [0.25, 0.3) is 0 Å². The fourth-order valence-electron chi connectivity index (χ4n) is 1.49. The van der Waals surface area contributed by atoms with E-state index in [1.165, 1.54) is 0 Å². The van der Waals surface area contributed by atoms with Gasteiger partial charge >= 0.3 is 0 Å². The summed E-state index contributed by atoms with van der Waals surface area (Å²) in [4.78, 5) is 16.1. The van der Waals surface area contributed by atoms with Crippen molar-refractivity contribution in [1.82, 2.24) is 14.8 Å². The zero-order valence-electron chi connectivity index (χ0n) is 10.1. The maximum absolute atomic E-state index is 12.1. The molecule has 18 heavy (non-hydrogen) atoms. The summed E-state index contributed by atoms with van der Waals surface area (Å²) in [7, 11) is 0. The summed E-state index contributed by atoms with van der Waals surface area (Å²) in [6.07, 6.45) is 6.74. The molecule has 1 unspecified atom stereocenters. The van der Waals surface area contributed by atoms with E-state index in [1.54, 1.807) is 42.5 Å². The molecule has 0 fully saturated rings. The summed E-state index contributed by atoms with van der Waals surface area (Å²) < 4.78 is 2.47. The van der Waals surface area contributed by atoms with E-state index in [-0.39, 0.29) is 11.9 Å². The number of aromatic nitrogens is 3. The van der Waals surface area contributed by atoms with Crippen LogP contribution in [0.2, 0.25) is 0 Å². The Balaban J connectivity index is 2.14. The van der Waals surface area contributed by atoms with E-state index in [2.05, 4.69) is 31.3 Å². The third-order valence-corrected chi connectivity index (χ3v) is 3.51. The normalized spacial score (nSPS) is 12.2. The molecule has 0 radical (unpaired) electrons. The van der Waals surface area contributed by atoms with Crippen LogP contribution in [-0.2, 0) is 4.79 Å². The largest absolute Gasteiger partial charge is 0.323 e. The molecule has 0 aliphatic carbocycles. The van der Waals surface area contributed by atoms with Crippen molar-refractivity contribution in [3.8, 4) is 0 Å². The van der Waals surface area contributed by atoms with Gasteiger partial charge in [0.05, 0.1) is 11.9 Å². The number of amides is 1. The predicted octanol–water partition coefficient (Wildman–Crippen LogP) is 2.55. The average molecular weight is 309 g/mol. The molecule has 5 nitrogen and oxygen atoms in total. The molecule has 1 atom stereocenters. The summed E-state index contributed by atoms with van der Waals surface area (Å²) in [6.45, 7) is 3.71. The molecule has 0 spiro atoms. The molecule has 2 aromatic heterocycles. The number of anilines is 1. The van der Waals surface area contributed by atoms with Crippen LogP contribution in [0.4, 0.5) is 5.69 Å². The Morgan fingerprint density at radius 2 is 2.28 bits per heavy atom. The van der Waals surface area contributed by atoms with Crippen LogP contribution in [0.1, 0.15) is 18.5 Å². The molecule has 6 heteroatoms. The first-order valence-electron chi connectivity index (χ1n) is 5.49. The molecular weight excluding hydrogens is 296 g/mol. The predicted molar refractivity (Wildman–Crippen MR) is 72.2 cm³/mol. The summed E-state index contributed by atoms with van der Waals surface area (Å²) in [5, 5.41) is 6.90. The minimum absolute atomic E-state index is 0.123. The topological polar surface area (TPSA) is 59.8 Å². The van der Waals surface area contributed by atoms with Crippen molar-refractivity contribution in [1.29, 1.82) is 0 Å². The number of rotatable bonds is 3. The maximum atomic E-state index is 12.1. The summed E-state index contributed by atoms with van der Waals surface area (Å²) in [5.74, 6) is -0.123. The minimum Gasteiger partial charge on any atom is -0.323 e. The smallest absolute Gasteiger partial charge is 0.248 e. The monoisotopic (exact) mass is 308 g/mol. The summed E-state index contributed by atoms with van der Waals surface area (Å²) in [6, 6.07) is 1.42. The lowest BCUT2D eigenvalue weighted by molar-refractivity contribution is -0.119. The van der Waals surface area contributed by atoms with Crippen LogP contribution in [-0.4, -0.2) is 20.7 Å². The van der Waals surface area contributed by atoms with E-state index < -0.39 is 0 Å². The Morgan fingerprint density at radius 1 is 1.50 bits per heavy atom. The number of halogens is 1. The minimum atomic E-state index is -0.363. The van der Waals surface area contributed by atoms with Crippen LogP contribution in [0.15, 0.2) is 35.3 Å². The maximum Gasteiger partial charge on any atom is 0.248 e. The molecule has 0 saturated heterocycles. The lowest BCUT2D eigenvalue weighted by atomic mass is 10.2. The SMILES string of the molecule is Cc1c(Br)cncc1NC(=O)C(C)n1cccn1. The quantitative estimate of drug-likeness (QED) is 0.948. The van der Waals surface area contributed by atoms with Crippen LogP contribution in [0.5, 0.6) is 0 Å². The van der Waals surface area contributed by atoms with Crippen LogP contribution in [0, 0.1) is 6.92 Å². The van der Waals surface area contributed by atoms with Crippen molar-refractivity contribution in [2.45, 2.75) is 19.9 Å². The zero-order chi connectivity index (χ0) is 13.1. The average Bonchev–Trinajstić information content (AvgIpc) is 2.87. The number of nitrogens with one attached hydrogen (secondary N) is 1. The second-order valence-corrected chi connectivity index (χ2v) is 4.80. The Morgan fingerprint density at radius 3 is 2.94 bits per heavy atom. The van der Waals surface area contributed by atoms with E-state index in [4.69, 9.17) is 0 Å². The third-order valence-electron chi connectivity index (χ3n) is 2.71. The van der Waals surface area contributed by atoms with Gasteiger partial charge < -0.3 is 5.32 Å². The highest BCUT2D eigenvalue weighted by molar-refractivity contribution is 9.10. The first-order valence-corrected chi connectivity index (χ1v) is 6.29. The van der Waals surface area contributed by atoms with E-state index in [0.29, 0.717) is 5.69 Å². The zero-order valence-corrected chi connectivity index (χ0v) is 11.7. The highest BCUT2D eigenvalue weighted by Crippen LogP contribution is 2.22. The lowest BCUT2D eigenvalue weighted by Crippen LogP contribution is -2.24. The second-order valence-electron chi connectivity index (χ2n) is 3.95. The highest BCUT2D eigenvalue weighted by atomic mass is 79.9. The molecular formula is C12H13BrN4O. The van der Waals surface area contributed by atoms with Crippen LogP contribution < -0.4 is 5.32 Å². The molecule has 0 saturated carbocycles. The Labute approximate surface area is 113 Å². The highest BCUT2D eigenvalue weighted by Gasteiger charge is 2.16. The fraction of sp³-hybridized carbons (Fsp3) is 0.250. The van der Waals surface area contributed by atoms with Crippen molar-refractivity contribution in [2.24, 2.45) is 0 Å². The van der Waals surface area contributed by atoms with Crippen molar-refractivity contribution < 1.29 is 4.79 Å². The standard InChI is InChI=1S/C12H13BrN4O/c1-8-10(13)6-14-7-11(8)16-12(18)9(2)17-5-3-4-15-17/h3-7,9H,1-2H3,(H,16,18). The van der Waals surface area contributed by atoms with E-state index in [1.807, 2.05) is 6.92 Å². The van der Waals surface area contributed by atoms with Gasteiger partial charge in [-0.25, -0.2) is 0 Å². The third kappa shape index (κ3) is 2.59. The van der Waals surface area contributed by atoms with Gasteiger partial charge in [0.15, 0.2) is 0 Å². The number of carbonyl (C=O) groups excluding carboxylic acids is 1. The molecule has 0 aliphatic heterocycles. The molecule has 0 aromatic carbocycles. The van der Waals surface area contributed by atoms with Gasteiger partial charge in [-0.1, -0.05) is 0 Å². The first kappa shape index (κ1) is 12.8. The first-order chi connectivity index (χ1) is 8.59. The Bertz CT molecular complexity index is 553. The Kier molecular flexibility index (Phi) is 3.76.